The van der Waals surface area contributed by atoms with Crippen LogP contribution in [0.15, 0.2) is 41.5 Å². The number of halogens is 2. The number of carbonyl (C=O) groups excluding carboxylic acids is 1. The van der Waals surface area contributed by atoms with E-state index in [1.54, 1.807) is 18.2 Å². The Morgan fingerprint density at radius 3 is 2.52 bits per heavy atom. The van der Waals surface area contributed by atoms with E-state index in [4.69, 9.17) is 27.9 Å². The highest BCUT2D eigenvalue weighted by Gasteiger charge is 2.06. The molecule has 0 fully saturated rings. The van der Waals surface area contributed by atoms with Crippen molar-refractivity contribution in [1.82, 2.24) is 5.43 Å². The van der Waals surface area contributed by atoms with Crippen molar-refractivity contribution in [1.29, 1.82) is 0 Å². The van der Waals surface area contributed by atoms with Gasteiger partial charge in [0.1, 0.15) is 5.75 Å². The van der Waals surface area contributed by atoms with Gasteiger partial charge in [-0.3, -0.25) is 4.79 Å². The van der Waals surface area contributed by atoms with E-state index in [9.17, 15) is 4.79 Å². The highest BCUT2D eigenvalue weighted by Crippen LogP contribution is 2.22. The molecule has 0 heterocycles. The average molecular weight is 351 g/mol. The number of nitrogens with one attached hydrogen (secondary N) is 1. The van der Waals surface area contributed by atoms with Gasteiger partial charge in [0.2, 0.25) is 0 Å². The first-order chi connectivity index (χ1) is 11.0. The van der Waals surface area contributed by atoms with Crippen LogP contribution in [0.3, 0.4) is 0 Å². The van der Waals surface area contributed by atoms with E-state index in [1.165, 1.54) is 6.21 Å². The molecule has 0 aliphatic heterocycles. The summed E-state index contributed by atoms with van der Waals surface area (Å²) < 4.78 is 5.54. The molecule has 2 aromatic carbocycles. The topological polar surface area (TPSA) is 50.7 Å². The van der Waals surface area contributed by atoms with Gasteiger partial charge in [0, 0.05) is 0 Å². The molecule has 6 heteroatoms. The fourth-order valence-electron chi connectivity index (χ4n) is 1.97. The molecule has 2 rings (SSSR count). The van der Waals surface area contributed by atoms with Gasteiger partial charge in [-0.15, -0.1) is 0 Å². The van der Waals surface area contributed by atoms with Gasteiger partial charge < -0.3 is 4.74 Å². The second-order valence-electron chi connectivity index (χ2n) is 4.98. The maximum absolute atomic E-state index is 11.8. The number of hydrogen-bond donors (Lipinski definition) is 1. The Kier molecular flexibility index (Phi) is 6.02. The number of amides is 1. The Morgan fingerprint density at radius 2 is 1.87 bits per heavy atom. The summed E-state index contributed by atoms with van der Waals surface area (Å²) in [5.41, 5.74) is 5.10. The standard InChI is InChI=1S/C17H16Cl2N2O2/c1-11-4-3-5-12(2)17(11)23-10-16(22)21-20-9-13-6-7-14(18)15(19)8-13/h3-9H,10H2,1-2H3,(H,21,22)/b20-9+. The summed E-state index contributed by atoms with van der Waals surface area (Å²) in [6.45, 7) is 3.76. The zero-order chi connectivity index (χ0) is 16.8. The maximum atomic E-state index is 11.8. The van der Waals surface area contributed by atoms with E-state index in [0.29, 0.717) is 10.0 Å². The van der Waals surface area contributed by atoms with Crippen molar-refractivity contribution in [2.45, 2.75) is 13.8 Å². The number of nitrogens with zero attached hydrogens (tertiary/aromatic N) is 1. The van der Waals surface area contributed by atoms with Crippen LogP contribution < -0.4 is 10.2 Å². The van der Waals surface area contributed by atoms with Gasteiger partial charge >= 0.3 is 0 Å². The number of carbonyl (C=O) groups is 1. The largest absolute Gasteiger partial charge is 0.483 e. The predicted molar refractivity (Wildman–Crippen MR) is 93.6 cm³/mol. The molecular weight excluding hydrogens is 335 g/mol. The minimum atomic E-state index is -0.344. The SMILES string of the molecule is Cc1cccc(C)c1OCC(=O)N/N=C/c1ccc(Cl)c(Cl)c1. The molecule has 1 amide bonds. The van der Waals surface area contributed by atoms with E-state index in [2.05, 4.69) is 10.5 Å². The summed E-state index contributed by atoms with van der Waals surface area (Å²) in [5, 5.41) is 4.76. The summed E-state index contributed by atoms with van der Waals surface area (Å²) in [6.07, 6.45) is 1.49. The molecule has 120 valence electrons. The molecule has 4 nitrogen and oxygen atoms in total. The minimum Gasteiger partial charge on any atom is -0.483 e. The fourth-order valence-corrected chi connectivity index (χ4v) is 2.27. The second-order valence-corrected chi connectivity index (χ2v) is 5.79. The van der Waals surface area contributed by atoms with Crippen LogP contribution in [0.2, 0.25) is 10.0 Å². The van der Waals surface area contributed by atoms with Crippen LogP contribution >= 0.6 is 23.2 Å². The third kappa shape index (κ3) is 4.98. The number of hydrazone groups is 1. The van der Waals surface area contributed by atoms with E-state index in [1.807, 2.05) is 32.0 Å². The molecule has 0 radical (unpaired) electrons. The molecule has 2 aromatic rings. The zero-order valence-electron chi connectivity index (χ0n) is 12.8. The van der Waals surface area contributed by atoms with E-state index in [-0.39, 0.29) is 12.5 Å². The smallest absolute Gasteiger partial charge is 0.277 e. The van der Waals surface area contributed by atoms with Crippen LogP contribution in [-0.4, -0.2) is 18.7 Å². The van der Waals surface area contributed by atoms with Crippen molar-refractivity contribution >= 4 is 35.3 Å². The number of ether oxygens (including phenoxy) is 1. The Labute approximate surface area is 145 Å². The maximum Gasteiger partial charge on any atom is 0.277 e. The molecule has 0 atom stereocenters. The van der Waals surface area contributed by atoms with Crippen LogP contribution in [0, 0.1) is 13.8 Å². The minimum absolute atomic E-state index is 0.107. The molecule has 0 unspecified atom stereocenters. The third-order valence-electron chi connectivity index (χ3n) is 3.10. The lowest BCUT2D eigenvalue weighted by atomic mass is 10.1. The Morgan fingerprint density at radius 1 is 1.17 bits per heavy atom. The number of rotatable bonds is 5. The molecule has 0 aliphatic rings. The van der Waals surface area contributed by atoms with Crippen molar-refractivity contribution in [3.63, 3.8) is 0 Å². The summed E-state index contributed by atoms with van der Waals surface area (Å²) in [7, 11) is 0. The van der Waals surface area contributed by atoms with Gasteiger partial charge in [-0.1, -0.05) is 47.5 Å². The molecule has 1 N–H and O–H groups in total. The molecule has 23 heavy (non-hydrogen) atoms. The van der Waals surface area contributed by atoms with Crippen molar-refractivity contribution in [2.75, 3.05) is 6.61 Å². The quantitative estimate of drug-likeness (QED) is 0.650. The molecule has 0 bridgehead atoms. The van der Waals surface area contributed by atoms with Crippen LogP contribution in [0.1, 0.15) is 16.7 Å². The lowest BCUT2D eigenvalue weighted by Gasteiger charge is -2.10. The molecular formula is C17H16Cl2N2O2. The van der Waals surface area contributed by atoms with Crippen LogP contribution in [-0.2, 0) is 4.79 Å². The first-order valence-corrected chi connectivity index (χ1v) is 7.69. The average Bonchev–Trinajstić information content (AvgIpc) is 2.50. The predicted octanol–water partition coefficient (Wildman–Crippen LogP) is 4.14. The van der Waals surface area contributed by atoms with Crippen molar-refractivity contribution in [2.24, 2.45) is 5.10 Å². The summed E-state index contributed by atoms with van der Waals surface area (Å²) in [6, 6.07) is 10.9. The van der Waals surface area contributed by atoms with Crippen LogP contribution in [0.4, 0.5) is 0 Å². The van der Waals surface area contributed by atoms with Gasteiger partial charge in [0.15, 0.2) is 6.61 Å². The number of para-hydroxylation sites is 1. The first-order valence-electron chi connectivity index (χ1n) is 6.93. The molecule has 0 aliphatic carbocycles. The normalized spacial score (nSPS) is 10.8. The Bertz CT molecular complexity index is 725. The Hall–Kier alpha value is -2.04. The molecule has 0 saturated carbocycles. The molecule has 0 spiro atoms. The number of benzene rings is 2. The second kappa shape index (κ2) is 7.99. The summed E-state index contributed by atoms with van der Waals surface area (Å²) >= 11 is 11.7. The molecule has 0 aromatic heterocycles. The van der Waals surface area contributed by atoms with E-state index < -0.39 is 0 Å². The summed E-state index contributed by atoms with van der Waals surface area (Å²) in [4.78, 5) is 11.8. The third-order valence-corrected chi connectivity index (χ3v) is 3.84. The van der Waals surface area contributed by atoms with Crippen LogP contribution in [0.5, 0.6) is 5.75 Å². The number of aryl methyl sites for hydroxylation is 2. The van der Waals surface area contributed by atoms with Gasteiger partial charge in [-0.25, -0.2) is 5.43 Å². The first kappa shape index (κ1) is 17.3. The highest BCUT2D eigenvalue weighted by molar-refractivity contribution is 6.42. The van der Waals surface area contributed by atoms with Crippen molar-refractivity contribution in [3.05, 3.63) is 63.1 Å². The van der Waals surface area contributed by atoms with Gasteiger partial charge in [0.05, 0.1) is 16.3 Å². The zero-order valence-corrected chi connectivity index (χ0v) is 14.3. The fraction of sp³-hybridized carbons (Fsp3) is 0.176. The van der Waals surface area contributed by atoms with E-state index in [0.717, 1.165) is 22.4 Å². The monoisotopic (exact) mass is 350 g/mol. The van der Waals surface area contributed by atoms with Gasteiger partial charge in [-0.2, -0.15) is 5.10 Å². The number of hydrogen-bond acceptors (Lipinski definition) is 3. The Balaban J connectivity index is 1.87. The van der Waals surface area contributed by atoms with Crippen molar-refractivity contribution < 1.29 is 9.53 Å². The lowest BCUT2D eigenvalue weighted by molar-refractivity contribution is -0.123. The van der Waals surface area contributed by atoms with Gasteiger partial charge in [-0.05, 0) is 42.7 Å². The van der Waals surface area contributed by atoms with Gasteiger partial charge in [0.25, 0.3) is 5.91 Å². The van der Waals surface area contributed by atoms with Crippen LogP contribution in [0.25, 0.3) is 0 Å². The highest BCUT2D eigenvalue weighted by atomic mass is 35.5. The lowest BCUT2D eigenvalue weighted by Crippen LogP contribution is -2.25. The summed E-state index contributed by atoms with van der Waals surface area (Å²) in [5.74, 6) is 0.375. The molecule has 0 saturated heterocycles. The van der Waals surface area contributed by atoms with Crippen molar-refractivity contribution in [3.8, 4) is 5.75 Å². The van der Waals surface area contributed by atoms with E-state index >= 15 is 0 Å².